The molecule has 2 heterocycles. The smallest absolute Gasteiger partial charge is 0.328 e. The van der Waals surface area contributed by atoms with Gasteiger partial charge in [0.2, 0.25) is 5.88 Å². The number of aromatic nitrogens is 1. The number of aliphatic hydroxyl groups excluding tert-OH is 1. The molecule has 2 aromatic rings. The fraction of sp³-hybridized carbons (Fsp3) is 0.517. The van der Waals surface area contributed by atoms with Gasteiger partial charge >= 0.3 is 5.97 Å². The Hall–Kier alpha value is -3.74. The number of hydrogen-bond donors (Lipinski definition) is 4. The highest BCUT2D eigenvalue weighted by Gasteiger charge is 2.25. The van der Waals surface area contributed by atoms with Crippen molar-refractivity contribution < 1.29 is 38.4 Å². The zero-order chi connectivity index (χ0) is 29.8. The molecule has 1 aromatic heterocycles. The average Bonchev–Trinajstić information content (AvgIpc) is 2.92. The Kier molecular flexibility index (Phi) is 11.9. The molecule has 1 aromatic carbocycles. The zero-order valence-electron chi connectivity index (χ0n) is 24.0. The highest BCUT2D eigenvalue weighted by molar-refractivity contribution is 5.96. The van der Waals surface area contributed by atoms with Gasteiger partial charge in [-0.1, -0.05) is 26.8 Å². The summed E-state index contributed by atoms with van der Waals surface area (Å²) in [6.45, 7) is 7.42. The monoisotopic (exact) mass is 572 g/mol. The van der Waals surface area contributed by atoms with Gasteiger partial charge in [0.1, 0.15) is 17.5 Å². The first-order valence-corrected chi connectivity index (χ1v) is 13.5. The lowest BCUT2D eigenvalue weighted by molar-refractivity contribution is -0.143. The first-order chi connectivity index (χ1) is 19.6. The van der Waals surface area contributed by atoms with Crippen LogP contribution in [0, 0.1) is 5.41 Å². The molecule has 4 N–H and O–H groups in total. The van der Waals surface area contributed by atoms with Crippen molar-refractivity contribution in [1.82, 2.24) is 20.9 Å². The van der Waals surface area contributed by atoms with Crippen molar-refractivity contribution in [3.63, 3.8) is 0 Å². The largest absolute Gasteiger partial charge is 0.484 e. The third-order valence-corrected chi connectivity index (χ3v) is 6.23. The third kappa shape index (κ3) is 11.0. The number of esters is 1. The van der Waals surface area contributed by atoms with Crippen LogP contribution in [0.25, 0.3) is 0 Å². The number of carbonyl (C=O) groups is 3. The number of nitrogens with zero attached hydrogens (tertiary/aromatic N) is 1. The van der Waals surface area contributed by atoms with Gasteiger partial charge in [-0.05, 0) is 36.5 Å². The second-order valence-electron chi connectivity index (χ2n) is 11.0. The van der Waals surface area contributed by atoms with Crippen LogP contribution in [0.4, 0.5) is 0 Å². The van der Waals surface area contributed by atoms with Crippen molar-refractivity contribution >= 4 is 17.8 Å². The van der Waals surface area contributed by atoms with E-state index >= 15 is 0 Å². The molecule has 2 atom stereocenters. The van der Waals surface area contributed by atoms with Crippen molar-refractivity contribution in [2.45, 2.75) is 51.8 Å². The van der Waals surface area contributed by atoms with Crippen LogP contribution in [0.1, 0.15) is 44.0 Å². The van der Waals surface area contributed by atoms with Crippen molar-refractivity contribution in [2.24, 2.45) is 5.41 Å². The van der Waals surface area contributed by atoms with E-state index in [2.05, 4.69) is 41.7 Å². The first kappa shape index (κ1) is 31.8. The lowest BCUT2D eigenvalue weighted by atomic mass is 9.88. The molecule has 1 saturated heterocycles. The predicted octanol–water partition coefficient (Wildman–Crippen LogP) is 1.82. The molecule has 1 unspecified atom stereocenters. The second kappa shape index (κ2) is 15.3. The van der Waals surface area contributed by atoms with Crippen LogP contribution < -0.4 is 25.4 Å². The van der Waals surface area contributed by atoms with Gasteiger partial charge in [-0.2, -0.15) is 0 Å². The summed E-state index contributed by atoms with van der Waals surface area (Å²) in [5.41, 5.74) is 0.262. The summed E-state index contributed by atoms with van der Waals surface area (Å²) in [7, 11) is 1.29. The van der Waals surface area contributed by atoms with Gasteiger partial charge in [0, 0.05) is 31.4 Å². The number of carbonyl (C=O) groups excluding carboxylic acids is 3. The Balaban J connectivity index is 1.49. The summed E-state index contributed by atoms with van der Waals surface area (Å²) in [5, 5.41) is 18.0. The number of pyridine rings is 1. The average molecular weight is 573 g/mol. The number of benzene rings is 1. The minimum Gasteiger partial charge on any atom is -0.484 e. The molecule has 0 saturated carbocycles. The van der Waals surface area contributed by atoms with E-state index in [-0.39, 0.29) is 42.8 Å². The fourth-order valence-electron chi connectivity index (χ4n) is 3.72. The normalized spacial score (nSPS) is 14.8. The van der Waals surface area contributed by atoms with E-state index in [1.165, 1.54) is 19.4 Å². The lowest BCUT2D eigenvalue weighted by Crippen LogP contribution is -2.51. The van der Waals surface area contributed by atoms with Crippen LogP contribution >= 0.6 is 0 Å². The van der Waals surface area contributed by atoms with Crippen LogP contribution in [-0.4, -0.2) is 86.1 Å². The maximum atomic E-state index is 12.7. The molecule has 41 heavy (non-hydrogen) atoms. The molecule has 12 heteroatoms. The molecule has 1 fully saturated rings. The van der Waals surface area contributed by atoms with E-state index in [1.54, 1.807) is 30.3 Å². The molecular weight excluding hydrogens is 532 g/mol. The summed E-state index contributed by atoms with van der Waals surface area (Å²) in [6, 6.07) is 8.47. The molecule has 1 aliphatic rings. The summed E-state index contributed by atoms with van der Waals surface area (Å²) in [5.74, 6) is -0.294. The minimum absolute atomic E-state index is 0.00239. The Bertz CT molecular complexity index is 1150. The van der Waals surface area contributed by atoms with Crippen LogP contribution in [-0.2, 0) is 19.1 Å². The number of methoxy groups -OCH3 is 1. The molecule has 12 nitrogen and oxygen atoms in total. The number of nitrogens with one attached hydrogen (secondary N) is 3. The third-order valence-electron chi connectivity index (χ3n) is 6.23. The van der Waals surface area contributed by atoms with Gasteiger partial charge in [-0.3, -0.25) is 9.59 Å². The SMILES string of the molecule is COC(=O)[C@H](CCC(C)(C)C)NC(=O)c1ccc(Oc2cccc(OCC(=O)NC(CO)COC3CNC3)c2)nc1. The quantitative estimate of drug-likeness (QED) is 0.232. The van der Waals surface area contributed by atoms with E-state index in [0.717, 1.165) is 19.5 Å². The molecule has 1 aliphatic heterocycles. The minimum atomic E-state index is -0.764. The molecule has 224 valence electrons. The number of ether oxygens (including phenoxy) is 4. The Labute approximate surface area is 240 Å². The van der Waals surface area contributed by atoms with Crippen molar-refractivity contribution in [3.8, 4) is 17.4 Å². The molecule has 0 aliphatic carbocycles. The fourth-order valence-corrected chi connectivity index (χ4v) is 3.72. The van der Waals surface area contributed by atoms with E-state index in [4.69, 9.17) is 18.9 Å². The standard InChI is InChI=1S/C29H40N4O8/c1-29(2,3)11-10-24(28(37)38-4)33-27(36)19-8-9-26(31-13-19)41-22-7-5-6-21(12-22)40-18-25(35)32-20(16-34)17-39-23-14-30-15-23/h5-9,12-13,20,23-24,30,34H,10-11,14-18H2,1-4H3,(H,32,35)(H,33,36)/t20?,24-/m0/s1. The van der Waals surface area contributed by atoms with Crippen molar-refractivity contribution in [2.75, 3.05) is 40.0 Å². The molecule has 3 rings (SSSR count). The number of hydrogen-bond acceptors (Lipinski definition) is 10. The summed E-state index contributed by atoms with van der Waals surface area (Å²) >= 11 is 0. The molecule has 0 spiro atoms. The van der Waals surface area contributed by atoms with Crippen molar-refractivity contribution in [3.05, 3.63) is 48.2 Å². The Morgan fingerprint density at radius 2 is 1.88 bits per heavy atom. The van der Waals surface area contributed by atoms with Gasteiger partial charge in [-0.15, -0.1) is 0 Å². The van der Waals surface area contributed by atoms with E-state index in [0.29, 0.717) is 17.9 Å². The highest BCUT2D eigenvalue weighted by atomic mass is 16.5. The molecule has 0 radical (unpaired) electrons. The van der Waals surface area contributed by atoms with Gasteiger partial charge in [-0.25, -0.2) is 9.78 Å². The summed E-state index contributed by atoms with van der Waals surface area (Å²) in [6.07, 6.45) is 2.63. The van der Waals surface area contributed by atoms with Crippen LogP contribution in [0.15, 0.2) is 42.6 Å². The highest BCUT2D eigenvalue weighted by Crippen LogP contribution is 2.25. The van der Waals surface area contributed by atoms with Gasteiger partial charge in [0.25, 0.3) is 11.8 Å². The summed E-state index contributed by atoms with van der Waals surface area (Å²) < 4.78 is 21.8. The van der Waals surface area contributed by atoms with E-state index in [9.17, 15) is 19.5 Å². The van der Waals surface area contributed by atoms with Crippen LogP contribution in [0.5, 0.6) is 17.4 Å². The number of amides is 2. The maximum Gasteiger partial charge on any atom is 0.328 e. The predicted molar refractivity (Wildman–Crippen MR) is 150 cm³/mol. The zero-order valence-corrected chi connectivity index (χ0v) is 24.0. The molecular formula is C29H40N4O8. The van der Waals surface area contributed by atoms with Gasteiger partial charge < -0.3 is 40.0 Å². The van der Waals surface area contributed by atoms with Crippen LogP contribution in [0.2, 0.25) is 0 Å². The first-order valence-electron chi connectivity index (χ1n) is 13.5. The topological polar surface area (TPSA) is 157 Å². The molecule has 2 amide bonds. The van der Waals surface area contributed by atoms with Crippen LogP contribution in [0.3, 0.4) is 0 Å². The van der Waals surface area contributed by atoms with Crippen molar-refractivity contribution in [1.29, 1.82) is 0 Å². The van der Waals surface area contributed by atoms with E-state index in [1.807, 2.05) is 0 Å². The Morgan fingerprint density at radius 1 is 1.12 bits per heavy atom. The van der Waals surface area contributed by atoms with Gasteiger partial charge in [0.15, 0.2) is 6.61 Å². The maximum absolute atomic E-state index is 12.7. The number of aliphatic hydroxyl groups is 1. The summed E-state index contributed by atoms with van der Waals surface area (Å²) in [4.78, 5) is 41.4. The second-order valence-corrected chi connectivity index (χ2v) is 11.0. The van der Waals surface area contributed by atoms with E-state index < -0.39 is 29.9 Å². The lowest BCUT2D eigenvalue weighted by Gasteiger charge is -2.29. The number of rotatable bonds is 15. The Morgan fingerprint density at radius 3 is 2.49 bits per heavy atom. The molecule has 0 bridgehead atoms. The van der Waals surface area contributed by atoms with Gasteiger partial charge in [0.05, 0.1) is 38.0 Å².